The molecule has 1 aromatic carbocycles. The van der Waals surface area contributed by atoms with Gasteiger partial charge in [-0.25, -0.2) is 4.98 Å². The van der Waals surface area contributed by atoms with Gasteiger partial charge in [-0.2, -0.15) is 5.26 Å². The fourth-order valence-electron chi connectivity index (χ4n) is 4.13. The fourth-order valence-corrected chi connectivity index (χ4v) is 4.13. The van der Waals surface area contributed by atoms with Crippen LogP contribution in [0.2, 0.25) is 0 Å². The van der Waals surface area contributed by atoms with E-state index in [0.29, 0.717) is 13.0 Å². The van der Waals surface area contributed by atoms with Crippen LogP contribution in [-0.2, 0) is 9.59 Å². The molecule has 1 aliphatic heterocycles. The molecule has 3 atom stereocenters. The Labute approximate surface area is 198 Å². The van der Waals surface area contributed by atoms with Crippen LogP contribution in [0.3, 0.4) is 0 Å². The molecule has 0 saturated carbocycles. The first-order valence-corrected chi connectivity index (χ1v) is 11.0. The van der Waals surface area contributed by atoms with Crippen LogP contribution in [-0.4, -0.2) is 46.2 Å². The lowest BCUT2D eigenvalue weighted by atomic mass is 9.98. The number of carbonyl (C=O) groups excluding carboxylic acids is 3. The minimum atomic E-state index is -5.01. The van der Waals surface area contributed by atoms with Crippen LogP contribution in [0, 0.1) is 23.2 Å². The molecule has 1 fully saturated rings. The minimum absolute atomic E-state index is 0.0324. The van der Waals surface area contributed by atoms with Crippen LogP contribution in [0.5, 0.6) is 5.75 Å². The van der Waals surface area contributed by atoms with E-state index in [-0.39, 0.29) is 35.7 Å². The van der Waals surface area contributed by atoms with E-state index in [9.17, 15) is 32.8 Å². The normalized spacial score (nSPS) is 17.6. The first-order valence-electron chi connectivity index (χ1n) is 11.0. The van der Waals surface area contributed by atoms with Gasteiger partial charge in [0.25, 0.3) is 5.91 Å². The van der Waals surface area contributed by atoms with Crippen molar-refractivity contribution in [3.63, 3.8) is 0 Å². The molecule has 1 saturated heterocycles. The van der Waals surface area contributed by atoms with E-state index in [4.69, 9.17) is 5.73 Å². The number of hydrogen-bond donors (Lipinski definition) is 3. The number of para-hydroxylation sites is 1. The van der Waals surface area contributed by atoms with Crippen molar-refractivity contribution in [3.8, 4) is 11.8 Å². The maximum absolute atomic E-state index is 13.4. The Bertz CT molecular complexity index is 1170. The van der Waals surface area contributed by atoms with Gasteiger partial charge in [-0.1, -0.05) is 19.9 Å². The third kappa shape index (κ3) is 6.00. The summed E-state index contributed by atoms with van der Waals surface area (Å²) >= 11 is 0. The molecule has 2 aromatic rings. The summed E-state index contributed by atoms with van der Waals surface area (Å²) in [6, 6.07) is 3.54. The number of fused-ring (bicyclic) bond motifs is 1. The average Bonchev–Trinajstić information content (AvgIpc) is 3.34. The van der Waals surface area contributed by atoms with E-state index < -0.39 is 47.8 Å². The maximum Gasteiger partial charge on any atom is 0.573 e. The van der Waals surface area contributed by atoms with Gasteiger partial charge >= 0.3 is 6.36 Å². The van der Waals surface area contributed by atoms with Gasteiger partial charge in [-0.05, 0) is 37.3 Å². The quantitative estimate of drug-likeness (QED) is 0.486. The fraction of sp³-hybridized carbons (Fsp3) is 0.500. The monoisotopic (exact) mass is 494 g/mol. The number of nitrogens with one attached hydrogen (secondary N) is 2. The smallest absolute Gasteiger partial charge is 0.403 e. The number of alkyl halides is 3. The van der Waals surface area contributed by atoms with Crippen molar-refractivity contribution in [2.45, 2.75) is 51.6 Å². The van der Waals surface area contributed by atoms with Gasteiger partial charge in [-0.3, -0.25) is 14.4 Å². The van der Waals surface area contributed by atoms with Crippen molar-refractivity contribution in [3.05, 3.63) is 24.0 Å². The zero-order valence-corrected chi connectivity index (χ0v) is 19.1. The summed E-state index contributed by atoms with van der Waals surface area (Å²) < 4.78 is 43.9. The van der Waals surface area contributed by atoms with Crippen LogP contribution in [0.1, 0.15) is 49.8 Å². The maximum atomic E-state index is 13.4. The molecule has 4 N–H and O–H groups in total. The van der Waals surface area contributed by atoms with E-state index in [1.807, 2.05) is 19.9 Å². The van der Waals surface area contributed by atoms with Crippen molar-refractivity contribution >= 4 is 28.8 Å². The molecule has 10 nitrogen and oxygen atoms in total. The molecule has 0 bridgehead atoms. The van der Waals surface area contributed by atoms with E-state index in [1.54, 1.807) is 0 Å². The summed E-state index contributed by atoms with van der Waals surface area (Å²) in [5.41, 5.74) is 5.20. The number of benzene rings is 1. The van der Waals surface area contributed by atoms with Gasteiger partial charge in [0.1, 0.15) is 17.6 Å². The van der Waals surface area contributed by atoms with Gasteiger partial charge in [0.2, 0.25) is 17.6 Å². The van der Waals surface area contributed by atoms with Crippen LogP contribution in [0.25, 0.3) is 11.0 Å². The van der Waals surface area contributed by atoms with Crippen LogP contribution in [0.15, 0.2) is 18.2 Å². The number of nitrogens with zero attached hydrogens (tertiary/aromatic N) is 3. The highest BCUT2D eigenvalue weighted by molar-refractivity contribution is 5.97. The Kier molecular flexibility index (Phi) is 7.52. The van der Waals surface area contributed by atoms with Crippen LogP contribution < -0.4 is 21.1 Å². The third-order valence-corrected chi connectivity index (χ3v) is 5.59. The largest absolute Gasteiger partial charge is 0.573 e. The molecule has 35 heavy (non-hydrogen) atoms. The number of primary amides is 1. The molecule has 0 spiro atoms. The second-order valence-electron chi connectivity index (χ2n) is 8.69. The Morgan fingerprint density at radius 3 is 2.66 bits per heavy atom. The second-order valence-corrected chi connectivity index (χ2v) is 8.69. The molecular weight excluding hydrogens is 469 g/mol. The number of nitrogens with two attached hydrogens (primary N) is 1. The molecule has 0 radical (unpaired) electrons. The third-order valence-electron chi connectivity index (χ3n) is 5.59. The molecule has 3 amide bonds. The predicted octanol–water partition coefficient (Wildman–Crippen LogP) is 2.16. The molecule has 2 heterocycles. The molecular formula is C22H25F3N6O4. The van der Waals surface area contributed by atoms with Gasteiger partial charge in [0.05, 0.1) is 11.6 Å². The Morgan fingerprint density at radius 1 is 1.40 bits per heavy atom. The highest BCUT2D eigenvalue weighted by atomic mass is 19.4. The van der Waals surface area contributed by atoms with Crippen molar-refractivity contribution < 1.29 is 32.3 Å². The second kappa shape index (κ2) is 10.2. The lowest BCUT2D eigenvalue weighted by Crippen LogP contribution is -2.42. The highest BCUT2D eigenvalue weighted by Gasteiger charge is 2.35. The molecule has 3 rings (SSSR count). The number of aromatic nitrogens is 2. The number of halogens is 3. The number of ether oxygens (including phenoxy) is 1. The average molecular weight is 494 g/mol. The number of rotatable bonds is 9. The summed E-state index contributed by atoms with van der Waals surface area (Å²) in [6.45, 7) is 4.11. The van der Waals surface area contributed by atoms with Crippen LogP contribution >= 0.6 is 0 Å². The van der Waals surface area contributed by atoms with Gasteiger partial charge in [0, 0.05) is 12.5 Å². The summed E-state index contributed by atoms with van der Waals surface area (Å²) in [5, 5.41) is 14.8. The number of hydrogen-bond acceptors (Lipinski definition) is 6. The molecule has 0 unspecified atom stereocenters. The summed E-state index contributed by atoms with van der Waals surface area (Å²) in [5.74, 6) is -3.52. The summed E-state index contributed by atoms with van der Waals surface area (Å²) in [6.07, 6.45) is -4.22. The lowest BCUT2D eigenvalue weighted by molar-refractivity contribution is -0.274. The first kappa shape index (κ1) is 25.8. The molecule has 0 aliphatic carbocycles. The van der Waals surface area contributed by atoms with Gasteiger partial charge in [-0.15, -0.1) is 13.2 Å². The Balaban J connectivity index is 2.02. The van der Waals surface area contributed by atoms with Crippen molar-refractivity contribution in [1.82, 2.24) is 20.2 Å². The number of nitriles is 1. The topological polar surface area (TPSA) is 152 Å². The minimum Gasteiger partial charge on any atom is -0.403 e. The SMILES string of the molecule is CC(C)C[C@@H](C(=O)N[C@H](C#N)C[C@@H]1CCNC1=O)n1c(C(N)=O)nc2c(OC(F)(F)F)cccc21. The molecule has 188 valence electrons. The number of amides is 3. The first-order chi connectivity index (χ1) is 16.4. The van der Waals surface area contributed by atoms with E-state index >= 15 is 0 Å². The summed E-state index contributed by atoms with van der Waals surface area (Å²) in [7, 11) is 0. The van der Waals surface area contributed by atoms with E-state index in [0.717, 1.165) is 6.07 Å². The van der Waals surface area contributed by atoms with Crippen LogP contribution in [0.4, 0.5) is 13.2 Å². The van der Waals surface area contributed by atoms with Gasteiger partial charge < -0.3 is 25.7 Å². The Morgan fingerprint density at radius 2 is 2.11 bits per heavy atom. The zero-order chi connectivity index (χ0) is 25.9. The van der Waals surface area contributed by atoms with Crippen molar-refractivity contribution in [2.75, 3.05) is 6.54 Å². The highest BCUT2D eigenvalue weighted by Crippen LogP contribution is 2.34. The van der Waals surface area contributed by atoms with Gasteiger partial charge in [0.15, 0.2) is 5.75 Å². The summed E-state index contributed by atoms with van der Waals surface area (Å²) in [4.78, 5) is 41.4. The number of carbonyl (C=O) groups is 3. The zero-order valence-electron chi connectivity index (χ0n) is 19.1. The van der Waals surface area contributed by atoms with E-state index in [1.165, 1.54) is 16.7 Å². The predicted molar refractivity (Wildman–Crippen MR) is 117 cm³/mol. The standard InChI is InChI=1S/C22H25F3N6O4/c1-11(2)8-15(21(34)29-13(10-26)9-12-6-7-28-20(12)33)31-14-4-3-5-16(35-22(23,24)25)17(14)30-19(31)18(27)32/h3-5,11-13,15H,6-9H2,1-2H3,(H2,27,32)(H,28,33)(H,29,34)/t12-,13-,15-/m0/s1. The molecule has 1 aromatic heterocycles. The van der Waals surface area contributed by atoms with Crippen molar-refractivity contribution in [2.24, 2.45) is 17.6 Å². The van der Waals surface area contributed by atoms with E-state index in [2.05, 4.69) is 20.4 Å². The van der Waals surface area contributed by atoms with Crippen molar-refractivity contribution in [1.29, 1.82) is 5.26 Å². The number of imidazole rings is 1. The lowest BCUT2D eigenvalue weighted by Gasteiger charge is -2.24. The Hall–Kier alpha value is -3.82. The molecule has 1 aliphatic rings. The molecule has 13 heteroatoms.